The molecule has 0 aliphatic carbocycles. The Bertz CT molecular complexity index is 598. The van der Waals surface area contributed by atoms with Crippen LogP contribution >= 0.6 is 15.9 Å². The zero-order valence-corrected chi connectivity index (χ0v) is 14.8. The van der Waals surface area contributed by atoms with Gasteiger partial charge in [0.25, 0.3) is 0 Å². The van der Waals surface area contributed by atoms with E-state index in [1.807, 2.05) is 24.0 Å². The number of carbonyl (C=O) groups is 2. The van der Waals surface area contributed by atoms with Crippen LogP contribution in [0.25, 0.3) is 0 Å². The van der Waals surface area contributed by atoms with Crippen molar-refractivity contribution >= 4 is 27.9 Å². The summed E-state index contributed by atoms with van der Waals surface area (Å²) < 4.78 is 11.3. The minimum absolute atomic E-state index is 0.153. The van der Waals surface area contributed by atoms with Crippen LogP contribution in [0.1, 0.15) is 18.1 Å². The van der Waals surface area contributed by atoms with Crippen molar-refractivity contribution in [2.24, 2.45) is 5.92 Å². The normalized spacial score (nSPS) is 15.1. The second-order valence-corrected chi connectivity index (χ2v) is 6.41. The highest BCUT2D eigenvalue weighted by atomic mass is 79.9. The Balaban J connectivity index is 2.05. The molecule has 0 unspecified atom stereocenters. The monoisotopic (exact) mass is 385 g/mol. The van der Waals surface area contributed by atoms with Gasteiger partial charge in [0.05, 0.1) is 17.0 Å². The molecule has 1 N–H and O–H groups in total. The Hall–Kier alpha value is -1.60. The molecule has 6 nitrogen and oxygen atoms in total. The SMILES string of the molecule is CCOC(=O)COc1c(Br)cc(C)cc1CN1CC(C(=O)O)C1. The van der Waals surface area contributed by atoms with Crippen molar-refractivity contribution in [1.82, 2.24) is 4.90 Å². The van der Waals surface area contributed by atoms with Crippen LogP contribution in [-0.4, -0.2) is 48.2 Å². The van der Waals surface area contributed by atoms with Gasteiger partial charge in [0, 0.05) is 25.2 Å². The van der Waals surface area contributed by atoms with Crippen molar-refractivity contribution in [3.63, 3.8) is 0 Å². The van der Waals surface area contributed by atoms with E-state index in [0.717, 1.165) is 15.6 Å². The molecule has 1 aliphatic rings. The number of ether oxygens (including phenoxy) is 2. The van der Waals surface area contributed by atoms with Gasteiger partial charge in [-0.15, -0.1) is 0 Å². The lowest BCUT2D eigenvalue weighted by molar-refractivity contribution is -0.148. The number of hydrogen-bond acceptors (Lipinski definition) is 5. The third-order valence-corrected chi connectivity index (χ3v) is 4.19. The van der Waals surface area contributed by atoms with Crippen LogP contribution < -0.4 is 4.74 Å². The second-order valence-electron chi connectivity index (χ2n) is 5.56. The lowest BCUT2D eigenvalue weighted by Gasteiger charge is -2.37. The Morgan fingerprint density at radius 3 is 2.70 bits per heavy atom. The summed E-state index contributed by atoms with van der Waals surface area (Å²) in [5.74, 6) is -0.874. The fraction of sp³-hybridized carbons (Fsp3) is 0.500. The molecule has 7 heteroatoms. The number of benzene rings is 1. The molecule has 0 saturated carbocycles. The van der Waals surface area contributed by atoms with Crippen molar-refractivity contribution in [1.29, 1.82) is 0 Å². The summed E-state index contributed by atoms with van der Waals surface area (Å²) in [6.07, 6.45) is 0. The van der Waals surface area contributed by atoms with Gasteiger partial charge in [-0.3, -0.25) is 9.69 Å². The number of aliphatic carboxylic acids is 1. The second kappa shape index (κ2) is 7.79. The van der Waals surface area contributed by atoms with Crippen molar-refractivity contribution in [2.45, 2.75) is 20.4 Å². The number of halogens is 1. The number of esters is 1. The van der Waals surface area contributed by atoms with Gasteiger partial charge in [-0.05, 0) is 41.4 Å². The summed E-state index contributed by atoms with van der Waals surface area (Å²) in [4.78, 5) is 24.4. The molecule has 1 aliphatic heterocycles. The standard InChI is InChI=1S/C16H20BrNO5/c1-3-22-14(19)9-23-15-11(4-10(2)5-13(15)17)6-18-7-12(8-18)16(20)21/h4-5,12H,3,6-9H2,1-2H3,(H,20,21). The van der Waals surface area contributed by atoms with Crippen LogP contribution in [0.5, 0.6) is 5.75 Å². The molecule has 1 heterocycles. The van der Waals surface area contributed by atoms with E-state index < -0.39 is 11.9 Å². The van der Waals surface area contributed by atoms with Crippen molar-refractivity contribution in [3.8, 4) is 5.75 Å². The van der Waals surface area contributed by atoms with E-state index in [9.17, 15) is 9.59 Å². The number of likely N-dealkylation sites (tertiary alicyclic amines) is 1. The largest absolute Gasteiger partial charge is 0.481 e. The molecule has 0 atom stereocenters. The van der Waals surface area contributed by atoms with Gasteiger partial charge in [0.1, 0.15) is 5.75 Å². The Kier molecular flexibility index (Phi) is 6.01. The van der Waals surface area contributed by atoms with Crippen LogP contribution in [0.2, 0.25) is 0 Å². The van der Waals surface area contributed by atoms with Gasteiger partial charge in [-0.1, -0.05) is 6.07 Å². The minimum atomic E-state index is -0.759. The van der Waals surface area contributed by atoms with Crippen LogP contribution in [0.3, 0.4) is 0 Å². The summed E-state index contributed by atoms with van der Waals surface area (Å²) in [5.41, 5.74) is 1.98. The van der Waals surface area contributed by atoms with Crippen LogP contribution in [0.15, 0.2) is 16.6 Å². The number of carbonyl (C=O) groups excluding carboxylic acids is 1. The maximum absolute atomic E-state index is 11.5. The number of carboxylic acid groups (broad SMARTS) is 1. The first-order valence-electron chi connectivity index (χ1n) is 7.43. The van der Waals surface area contributed by atoms with Crippen LogP contribution in [0.4, 0.5) is 0 Å². The molecular formula is C16H20BrNO5. The smallest absolute Gasteiger partial charge is 0.344 e. The van der Waals surface area contributed by atoms with Gasteiger partial charge in [0.15, 0.2) is 6.61 Å². The molecule has 0 spiro atoms. The highest BCUT2D eigenvalue weighted by molar-refractivity contribution is 9.10. The summed E-state index contributed by atoms with van der Waals surface area (Å²) in [6.45, 7) is 5.51. The van der Waals surface area contributed by atoms with Crippen molar-refractivity contribution < 1.29 is 24.2 Å². The first kappa shape index (κ1) is 17.7. The maximum Gasteiger partial charge on any atom is 0.344 e. The van der Waals surface area contributed by atoms with E-state index in [1.165, 1.54) is 0 Å². The van der Waals surface area contributed by atoms with Gasteiger partial charge in [0.2, 0.25) is 0 Å². The molecule has 2 rings (SSSR count). The summed E-state index contributed by atoms with van der Waals surface area (Å²) >= 11 is 3.46. The van der Waals surface area contributed by atoms with E-state index in [2.05, 4.69) is 15.9 Å². The zero-order valence-electron chi connectivity index (χ0n) is 13.2. The summed E-state index contributed by atoms with van der Waals surface area (Å²) in [6, 6.07) is 3.90. The third kappa shape index (κ3) is 4.68. The van der Waals surface area contributed by atoms with Gasteiger partial charge in [-0.25, -0.2) is 4.79 Å². The van der Waals surface area contributed by atoms with Gasteiger partial charge in [-0.2, -0.15) is 0 Å². The van der Waals surface area contributed by atoms with Gasteiger partial charge >= 0.3 is 11.9 Å². The molecular weight excluding hydrogens is 366 g/mol. The maximum atomic E-state index is 11.5. The van der Waals surface area contributed by atoms with Crippen molar-refractivity contribution in [2.75, 3.05) is 26.3 Å². The highest BCUT2D eigenvalue weighted by Gasteiger charge is 2.32. The highest BCUT2D eigenvalue weighted by Crippen LogP contribution is 2.33. The molecule has 1 saturated heterocycles. The quantitative estimate of drug-likeness (QED) is 0.725. The lowest BCUT2D eigenvalue weighted by Crippen LogP contribution is -2.49. The molecule has 126 valence electrons. The third-order valence-electron chi connectivity index (χ3n) is 3.60. The van der Waals surface area contributed by atoms with Crippen LogP contribution in [0, 0.1) is 12.8 Å². The molecule has 0 amide bonds. The fourth-order valence-corrected chi connectivity index (χ4v) is 3.24. The Morgan fingerprint density at radius 1 is 1.39 bits per heavy atom. The predicted octanol–water partition coefficient (Wildman–Crippen LogP) is 2.22. The number of hydrogen-bond donors (Lipinski definition) is 1. The fourth-order valence-electron chi connectivity index (χ4n) is 2.51. The Morgan fingerprint density at radius 2 is 2.09 bits per heavy atom. The van der Waals surface area contributed by atoms with Crippen molar-refractivity contribution in [3.05, 3.63) is 27.7 Å². The zero-order chi connectivity index (χ0) is 17.0. The average molecular weight is 386 g/mol. The first-order chi connectivity index (χ1) is 10.9. The topological polar surface area (TPSA) is 76.1 Å². The molecule has 0 aromatic heterocycles. The molecule has 1 aromatic rings. The van der Waals surface area contributed by atoms with E-state index in [-0.39, 0.29) is 12.5 Å². The minimum Gasteiger partial charge on any atom is -0.481 e. The predicted molar refractivity (Wildman–Crippen MR) is 87.4 cm³/mol. The molecule has 23 heavy (non-hydrogen) atoms. The first-order valence-corrected chi connectivity index (χ1v) is 8.22. The molecule has 1 aromatic carbocycles. The molecule has 0 radical (unpaired) electrons. The van der Waals surface area contributed by atoms with E-state index in [0.29, 0.717) is 32.0 Å². The van der Waals surface area contributed by atoms with Crippen LogP contribution in [-0.2, 0) is 20.9 Å². The average Bonchev–Trinajstić information content (AvgIpc) is 2.40. The summed E-state index contributed by atoms with van der Waals surface area (Å²) in [7, 11) is 0. The van der Waals surface area contributed by atoms with E-state index in [1.54, 1.807) is 6.92 Å². The van der Waals surface area contributed by atoms with E-state index >= 15 is 0 Å². The summed E-state index contributed by atoms with van der Waals surface area (Å²) in [5, 5.41) is 8.95. The number of carboxylic acids is 1. The van der Waals surface area contributed by atoms with E-state index in [4.69, 9.17) is 14.6 Å². The number of rotatable bonds is 7. The lowest BCUT2D eigenvalue weighted by atomic mass is 9.99. The molecule has 1 fully saturated rings. The molecule has 0 bridgehead atoms. The van der Waals surface area contributed by atoms with Gasteiger partial charge < -0.3 is 14.6 Å². The number of nitrogens with zero attached hydrogens (tertiary/aromatic N) is 1. The Labute approximate surface area is 143 Å². The number of aryl methyl sites for hydroxylation is 1.